The minimum atomic E-state index is -3.82. The van der Waals surface area contributed by atoms with Crippen molar-refractivity contribution in [2.24, 2.45) is 0 Å². The minimum absolute atomic E-state index is 0.0956. The van der Waals surface area contributed by atoms with Crippen LogP contribution in [0.1, 0.15) is 50.2 Å². The largest absolute Gasteiger partial charge is 0.457 e. The molecule has 0 aliphatic heterocycles. The summed E-state index contributed by atoms with van der Waals surface area (Å²) < 4.78 is 32.7. The van der Waals surface area contributed by atoms with Gasteiger partial charge in [-0.15, -0.1) is 0 Å². The first kappa shape index (κ1) is 30.1. The topological polar surface area (TPSA) is 96.0 Å². The Morgan fingerprint density at radius 3 is 2.15 bits per heavy atom. The molecule has 0 unspecified atom stereocenters. The van der Waals surface area contributed by atoms with Gasteiger partial charge in [-0.1, -0.05) is 61.7 Å². The molecule has 9 heteroatoms. The summed E-state index contributed by atoms with van der Waals surface area (Å²) in [4.78, 5) is 28.7. The van der Waals surface area contributed by atoms with E-state index in [-0.39, 0.29) is 18.5 Å². The zero-order valence-corrected chi connectivity index (χ0v) is 24.8. The summed E-state index contributed by atoms with van der Waals surface area (Å²) in [6.07, 6.45) is 6.24. The number of aryl methyl sites for hydroxylation is 1. The lowest BCUT2D eigenvalue weighted by Gasteiger charge is -2.33. The van der Waals surface area contributed by atoms with Gasteiger partial charge in [-0.25, -0.2) is 8.42 Å². The van der Waals surface area contributed by atoms with Gasteiger partial charge >= 0.3 is 0 Å². The van der Waals surface area contributed by atoms with E-state index in [1.807, 2.05) is 61.5 Å². The third kappa shape index (κ3) is 8.33. The number of ether oxygens (including phenoxy) is 1. The summed E-state index contributed by atoms with van der Waals surface area (Å²) in [5.41, 5.74) is 2.21. The van der Waals surface area contributed by atoms with E-state index in [0.717, 1.165) is 47.4 Å². The van der Waals surface area contributed by atoms with Gasteiger partial charge < -0.3 is 15.0 Å². The van der Waals surface area contributed by atoms with E-state index in [1.165, 1.54) is 11.3 Å². The molecule has 1 aliphatic rings. The maximum Gasteiger partial charge on any atom is 0.244 e. The Morgan fingerprint density at radius 1 is 0.902 bits per heavy atom. The number of carbonyl (C=O) groups is 2. The number of sulfonamides is 1. The Hall–Kier alpha value is -3.85. The van der Waals surface area contributed by atoms with Crippen molar-refractivity contribution in [1.82, 2.24) is 10.2 Å². The van der Waals surface area contributed by atoms with Crippen molar-refractivity contribution in [3.8, 4) is 11.5 Å². The fourth-order valence-electron chi connectivity index (χ4n) is 5.04. The Morgan fingerprint density at radius 2 is 1.51 bits per heavy atom. The third-order valence-electron chi connectivity index (χ3n) is 7.50. The average molecular weight is 578 g/mol. The molecule has 1 saturated carbocycles. The van der Waals surface area contributed by atoms with Crippen LogP contribution < -0.4 is 14.4 Å². The number of hydrogen-bond acceptors (Lipinski definition) is 5. The van der Waals surface area contributed by atoms with E-state index in [1.54, 1.807) is 31.2 Å². The Kier molecular flexibility index (Phi) is 10.0. The van der Waals surface area contributed by atoms with Gasteiger partial charge in [0.1, 0.15) is 24.1 Å². The highest BCUT2D eigenvalue weighted by molar-refractivity contribution is 7.92. The molecule has 0 saturated heterocycles. The molecule has 8 nitrogen and oxygen atoms in total. The van der Waals surface area contributed by atoms with E-state index in [0.29, 0.717) is 17.2 Å². The number of carbonyl (C=O) groups excluding carboxylic acids is 2. The van der Waals surface area contributed by atoms with E-state index in [4.69, 9.17) is 4.74 Å². The smallest absolute Gasteiger partial charge is 0.244 e. The van der Waals surface area contributed by atoms with E-state index >= 15 is 0 Å². The summed E-state index contributed by atoms with van der Waals surface area (Å²) in [6.45, 7) is 3.40. The molecule has 41 heavy (non-hydrogen) atoms. The van der Waals surface area contributed by atoms with Crippen molar-refractivity contribution in [2.45, 2.75) is 64.6 Å². The summed E-state index contributed by atoms with van der Waals surface area (Å²) in [7, 11) is -3.82. The molecule has 1 fully saturated rings. The normalized spacial score (nSPS) is 14.6. The SMILES string of the molecule is Cc1ccccc1CN(C(=O)CN(c1ccc(Oc2ccccc2)cc1)S(C)(=O)=O)[C@@H](C)C(=O)NC1CCCCC1. The van der Waals surface area contributed by atoms with Crippen molar-refractivity contribution in [3.05, 3.63) is 90.0 Å². The number of anilines is 1. The molecule has 0 radical (unpaired) electrons. The maximum atomic E-state index is 13.9. The minimum Gasteiger partial charge on any atom is -0.457 e. The van der Waals surface area contributed by atoms with Crippen molar-refractivity contribution in [3.63, 3.8) is 0 Å². The average Bonchev–Trinajstić information content (AvgIpc) is 2.96. The molecule has 0 aromatic heterocycles. The van der Waals surface area contributed by atoms with Gasteiger partial charge in [0, 0.05) is 12.6 Å². The van der Waals surface area contributed by atoms with Gasteiger partial charge in [0.05, 0.1) is 11.9 Å². The number of benzene rings is 3. The van der Waals surface area contributed by atoms with Crippen LogP contribution in [0.2, 0.25) is 0 Å². The van der Waals surface area contributed by atoms with Gasteiger partial charge in [0.2, 0.25) is 21.8 Å². The molecule has 3 aromatic carbocycles. The van der Waals surface area contributed by atoms with Crippen molar-refractivity contribution in [2.75, 3.05) is 17.1 Å². The highest BCUT2D eigenvalue weighted by atomic mass is 32.2. The van der Waals surface area contributed by atoms with Gasteiger partial charge in [-0.2, -0.15) is 0 Å². The Bertz CT molecular complexity index is 1420. The molecule has 218 valence electrons. The van der Waals surface area contributed by atoms with Crippen LogP contribution in [0.25, 0.3) is 0 Å². The Balaban J connectivity index is 1.55. The second-order valence-electron chi connectivity index (χ2n) is 10.6. The number of para-hydroxylation sites is 1. The van der Waals surface area contributed by atoms with Crippen LogP contribution in [-0.2, 0) is 26.2 Å². The molecule has 4 rings (SSSR count). The van der Waals surface area contributed by atoms with E-state index < -0.39 is 28.5 Å². The Labute approximate surface area is 243 Å². The molecule has 0 heterocycles. The molecule has 3 aromatic rings. The van der Waals surface area contributed by atoms with Gasteiger partial charge in [-0.3, -0.25) is 13.9 Å². The van der Waals surface area contributed by atoms with E-state index in [9.17, 15) is 18.0 Å². The molecule has 0 spiro atoms. The standard InChI is InChI=1S/C32H39N3O5S/c1-24-12-10-11-13-26(24)22-34(25(2)32(37)33-27-14-6-4-7-15-27)31(36)23-35(41(3,38)39)28-18-20-30(21-19-28)40-29-16-8-5-9-17-29/h5,8-13,16-21,25,27H,4,6-7,14-15,22-23H2,1-3H3,(H,33,37)/t25-/m0/s1. The predicted octanol–water partition coefficient (Wildman–Crippen LogP) is 5.42. The third-order valence-corrected chi connectivity index (χ3v) is 8.64. The van der Waals surface area contributed by atoms with Crippen molar-refractivity contribution >= 4 is 27.5 Å². The second kappa shape index (κ2) is 13.7. The lowest BCUT2D eigenvalue weighted by molar-refractivity contribution is -0.139. The van der Waals surface area contributed by atoms with Gasteiger partial charge in [0.15, 0.2) is 0 Å². The number of hydrogen-bond donors (Lipinski definition) is 1. The lowest BCUT2D eigenvalue weighted by atomic mass is 9.95. The summed E-state index contributed by atoms with van der Waals surface area (Å²) >= 11 is 0. The van der Waals surface area contributed by atoms with Crippen LogP contribution in [0.3, 0.4) is 0 Å². The summed E-state index contributed by atoms with van der Waals surface area (Å²) in [6, 6.07) is 22.8. The van der Waals surface area contributed by atoms with Crippen molar-refractivity contribution in [1.29, 1.82) is 0 Å². The number of amides is 2. The van der Waals surface area contributed by atoms with Crippen molar-refractivity contribution < 1.29 is 22.7 Å². The van der Waals surface area contributed by atoms with Gasteiger partial charge in [-0.05, 0) is 74.2 Å². The molecule has 1 aliphatic carbocycles. The van der Waals surface area contributed by atoms with Crippen LogP contribution >= 0.6 is 0 Å². The molecule has 1 N–H and O–H groups in total. The predicted molar refractivity (Wildman–Crippen MR) is 161 cm³/mol. The zero-order valence-electron chi connectivity index (χ0n) is 24.0. The lowest BCUT2D eigenvalue weighted by Crippen LogP contribution is -2.53. The first-order valence-corrected chi connectivity index (χ1v) is 15.9. The number of nitrogens with zero attached hydrogens (tertiary/aromatic N) is 2. The summed E-state index contributed by atoms with van der Waals surface area (Å²) in [5, 5.41) is 3.12. The first-order chi connectivity index (χ1) is 19.6. The molecular formula is C32H39N3O5S. The quantitative estimate of drug-likeness (QED) is 0.328. The first-order valence-electron chi connectivity index (χ1n) is 14.1. The van der Waals surface area contributed by atoms with Gasteiger partial charge in [0.25, 0.3) is 0 Å². The zero-order chi connectivity index (χ0) is 29.4. The number of nitrogens with one attached hydrogen (secondary N) is 1. The fraction of sp³-hybridized carbons (Fsp3) is 0.375. The van der Waals surface area contributed by atoms with E-state index in [2.05, 4.69) is 5.32 Å². The molecule has 1 atom stereocenters. The van der Waals surface area contributed by atoms with Crippen LogP contribution in [-0.4, -0.2) is 50.0 Å². The van der Waals surface area contributed by atoms with Crippen LogP contribution in [0, 0.1) is 6.92 Å². The summed E-state index contributed by atoms with van der Waals surface area (Å²) in [5.74, 6) is 0.499. The van der Waals surface area contributed by atoms with Crippen LogP contribution in [0.15, 0.2) is 78.9 Å². The van der Waals surface area contributed by atoms with Crippen LogP contribution in [0.5, 0.6) is 11.5 Å². The molecule has 2 amide bonds. The molecule has 0 bridgehead atoms. The second-order valence-corrected chi connectivity index (χ2v) is 12.6. The number of rotatable bonds is 11. The maximum absolute atomic E-state index is 13.9. The highest BCUT2D eigenvalue weighted by Crippen LogP contribution is 2.26. The van der Waals surface area contributed by atoms with Crippen LogP contribution in [0.4, 0.5) is 5.69 Å². The highest BCUT2D eigenvalue weighted by Gasteiger charge is 2.31. The monoisotopic (exact) mass is 577 g/mol. The fourth-order valence-corrected chi connectivity index (χ4v) is 5.89. The molecular weight excluding hydrogens is 538 g/mol.